The number of para-hydroxylation sites is 3. The number of fused-ring (bicyclic) bond motifs is 5. The third-order valence-electron chi connectivity index (χ3n) is 11.4. The molecule has 2 nitrogen and oxygen atoms in total. The van der Waals surface area contributed by atoms with Crippen LogP contribution in [0.5, 0.6) is 0 Å². The number of anilines is 6. The Kier molecular flexibility index (Phi) is 7.28. The molecule has 55 heavy (non-hydrogen) atoms. The molecule has 0 amide bonds. The summed E-state index contributed by atoms with van der Waals surface area (Å²) in [6.45, 7) is 0. The summed E-state index contributed by atoms with van der Waals surface area (Å²) in [7, 11) is 0. The molecule has 0 fully saturated rings. The maximum Gasteiger partial charge on any atom is 0.0540 e. The van der Waals surface area contributed by atoms with Gasteiger partial charge < -0.3 is 9.80 Å². The Morgan fingerprint density at radius 1 is 0.345 bits per heavy atom. The lowest BCUT2D eigenvalue weighted by molar-refractivity contribution is 1.28. The summed E-state index contributed by atoms with van der Waals surface area (Å²) in [4.78, 5) is 4.75. The minimum Gasteiger partial charge on any atom is -0.310 e. The van der Waals surface area contributed by atoms with Gasteiger partial charge in [-0.3, -0.25) is 0 Å². The van der Waals surface area contributed by atoms with Crippen LogP contribution >= 0.6 is 0 Å². The number of hydrogen-bond donors (Lipinski definition) is 0. The number of hydrogen-bond acceptors (Lipinski definition) is 2. The van der Waals surface area contributed by atoms with Crippen molar-refractivity contribution in [3.05, 3.63) is 229 Å². The minimum absolute atomic E-state index is 0.950. The first-order valence-corrected chi connectivity index (χ1v) is 19.1. The van der Waals surface area contributed by atoms with Crippen molar-refractivity contribution >= 4 is 66.8 Å². The monoisotopic (exact) mass is 700 g/mol. The standard InChI is InChI=1S/C53H36N2/c1-4-17-41(18-5-1)54(42-19-6-2-7-20-42)45-32-40-16-12-24-47-49-34-39-27-26-38(33-48(39)53(49)50(35-45)52(40)47)36-28-30-44(31-29-36)55(43-21-8-3-9-22-43)51-25-13-15-37-14-10-11-23-46(37)51/h1-33,35H,34H2. The Hall–Kier alpha value is -7.16. The van der Waals surface area contributed by atoms with E-state index in [4.69, 9.17) is 0 Å². The smallest absolute Gasteiger partial charge is 0.0540 e. The van der Waals surface area contributed by atoms with Crippen molar-refractivity contribution < 1.29 is 0 Å². The van der Waals surface area contributed by atoms with Crippen LogP contribution in [0.15, 0.2) is 206 Å². The molecule has 0 atom stereocenters. The molecule has 0 saturated heterocycles. The Morgan fingerprint density at radius 2 is 0.927 bits per heavy atom. The predicted molar refractivity (Wildman–Crippen MR) is 232 cm³/mol. The molecule has 2 aliphatic carbocycles. The van der Waals surface area contributed by atoms with Gasteiger partial charge in [0, 0.05) is 33.8 Å². The van der Waals surface area contributed by atoms with E-state index in [9.17, 15) is 0 Å². The van der Waals surface area contributed by atoms with Gasteiger partial charge in [0.1, 0.15) is 0 Å². The molecule has 0 bridgehead atoms. The van der Waals surface area contributed by atoms with Crippen LogP contribution in [0.3, 0.4) is 0 Å². The molecule has 2 heteroatoms. The summed E-state index contributed by atoms with van der Waals surface area (Å²) in [6, 6.07) is 75.1. The van der Waals surface area contributed by atoms with Crippen molar-refractivity contribution in [1.82, 2.24) is 0 Å². The fourth-order valence-corrected chi connectivity index (χ4v) is 8.92. The van der Waals surface area contributed by atoms with Crippen molar-refractivity contribution in [2.45, 2.75) is 6.42 Å². The van der Waals surface area contributed by atoms with E-state index in [1.54, 1.807) is 0 Å². The van der Waals surface area contributed by atoms with Gasteiger partial charge in [0.05, 0.1) is 5.69 Å². The van der Waals surface area contributed by atoms with Crippen LogP contribution in [0, 0.1) is 0 Å². The third kappa shape index (κ3) is 5.18. The molecule has 0 unspecified atom stereocenters. The van der Waals surface area contributed by atoms with Crippen molar-refractivity contribution in [1.29, 1.82) is 0 Å². The summed E-state index contributed by atoms with van der Waals surface area (Å²) < 4.78 is 0. The van der Waals surface area contributed by atoms with Crippen molar-refractivity contribution in [3.63, 3.8) is 0 Å². The van der Waals surface area contributed by atoms with Crippen LogP contribution in [0.25, 0.3) is 43.8 Å². The SMILES string of the molecule is c1ccc(N(c2ccccc2)c2cc3c4c(cccc4c2)C2=C3c3cc(-c4ccc(N(c5ccccc5)c5cccc6ccccc56)cc4)ccc3C2)cc1. The van der Waals surface area contributed by atoms with Crippen LogP contribution in [-0.4, -0.2) is 0 Å². The summed E-state index contributed by atoms with van der Waals surface area (Å²) in [5, 5.41) is 5.10. The minimum atomic E-state index is 0.950. The highest BCUT2D eigenvalue weighted by Gasteiger charge is 2.32. The van der Waals surface area contributed by atoms with Gasteiger partial charge in [-0.15, -0.1) is 0 Å². The molecule has 0 spiro atoms. The first-order chi connectivity index (χ1) is 27.3. The lowest BCUT2D eigenvalue weighted by atomic mass is 9.92. The first kappa shape index (κ1) is 31.4. The van der Waals surface area contributed by atoms with E-state index in [1.165, 1.54) is 77.4 Å². The van der Waals surface area contributed by atoms with E-state index >= 15 is 0 Å². The van der Waals surface area contributed by atoms with E-state index < -0.39 is 0 Å². The molecular formula is C53H36N2. The van der Waals surface area contributed by atoms with Crippen molar-refractivity contribution in [3.8, 4) is 11.1 Å². The number of allylic oxidation sites excluding steroid dienone is 1. The predicted octanol–water partition coefficient (Wildman–Crippen LogP) is 14.4. The van der Waals surface area contributed by atoms with Crippen LogP contribution in [-0.2, 0) is 6.42 Å². The Labute approximate surface area is 321 Å². The molecule has 258 valence electrons. The Morgan fingerprint density at radius 3 is 1.65 bits per heavy atom. The third-order valence-corrected chi connectivity index (χ3v) is 11.4. The molecule has 0 aromatic heterocycles. The summed E-state index contributed by atoms with van der Waals surface area (Å²) in [5.74, 6) is 0. The molecule has 9 aromatic carbocycles. The number of rotatable bonds is 7. The van der Waals surface area contributed by atoms with Crippen LogP contribution in [0.1, 0.15) is 22.3 Å². The van der Waals surface area contributed by atoms with E-state index in [-0.39, 0.29) is 0 Å². The maximum atomic E-state index is 2.43. The van der Waals surface area contributed by atoms with E-state index in [0.717, 1.165) is 29.2 Å². The highest BCUT2D eigenvalue weighted by atomic mass is 15.1. The zero-order valence-electron chi connectivity index (χ0n) is 30.2. The number of benzene rings is 9. The number of nitrogens with zero attached hydrogens (tertiary/aromatic N) is 2. The van der Waals surface area contributed by atoms with Crippen LogP contribution in [0.4, 0.5) is 34.1 Å². The summed E-state index contributed by atoms with van der Waals surface area (Å²) >= 11 is 0. The zero-order chi connectivity index (χ0) is 36.3. The van der Waals surface area contributed by atoms with Gasteiger partial charge >= 0.3 is 0 Å². The van der Waals surface area contributed by atoms with Crippen molar-refractivity contribution in [2.75, 3.05) is 9.80 Å². The second-order valence-corrected chi connectivity index (χ2v) is 14.5. The molecular weight excluding hydrogens is 665 g/mol. The fourth-order valence-electron chi connectivity index (χ4n) is 8.92. The second kappa shape index (κ2) is 12.8. The van der Waals surface area contributed by atoms with E-state index in [0.29, 0.717) is 0 Å². The molecule has 2 aliphatic rings. The Bertz CT molecular complexity index is 2880. The van der Waals surface area contributed by atoms with Crippen LogP contribution < -0.4 is 9.80 Å². The van der Waals surface area contributed by atoms with Gasteiger partial charge in [-0.1, -0.05) is 133 Å². The fraction of sp³-hybridized carbons (Fsp3) is 0.0189. The molecule has 0 N–H and O–H groups in total. The van der Waals surface area contributed by atoms with E-state index in [2.05, 4.69) is 216 Å². The van der Waals surface area contributed by atoms with Gasteiger partial charge in [0.15, 0.2) is 0 Å². The van der Waals surface area contributed by atoms with E-state index in [1.807, 2.05) is 0 Å². The molecule has 0 heterocycles. The molecule has 0 radical (unpaired) electrons. The van der Waals surface area contributed by atoms with Gasteiger partial charge in [-0.25, -0.2) is 0 Å². The summed E-state index contributed by atoms with van der Waals surface area (Å²) in [5.41, 5.74) is 17.6. The van der Waals surface area contributed by atoms with Gasteiger partial charge in [-0.2, -0.15) is 0 Å². The normalized spacial score (nSPS) is 12.6. The molecule has 0 aliphatic heterocycles. The average molecular weight is 701 g/mol. The molecule has 9 aromatic rings. The van der Waals surface area contributed by atoms with Gasteiger partial charge in [0.25, 0.3) is 0 Å². The van der Waals surface area contributed by atoms with Crippen LogP contribution in [0.2, 0.25) is 0 Å². The maximum absolute atomic E-state index is 2.43. The van der Waals surface area contributed by atoms with Gasteiger partial charge in [-0.05, 0) is 140 Å². The highest BCUT2D eigenvalue weighted by molar-refractivity contribution is 6.21. The second-order valence-electron chi connectivity index (χ2n) is 14.5. The zero-order valence-corrected chi connectivity index (χ0v) is 30.2. The molecule has 11 rings (SSSR count). The van der Waals surface area contributed by atoms with Gasteiger partial charge in [0.2, 0.25) is 0 Å². The highest BCUT2D eigenvalue weighted by Crippen LogP contribution is 2.53. The largest absolute Gasteiger partial charge is 0.310 e. The average Bonchev–Trinajstić information content (AvgIpc) is 3.78. The summed E-state index contributed by atoms with van der Waals surface area (Å²) in [6.07, 6.45) is 0.950. The lowest BCUT2D eigenvalue weighted by Crippen LogP contribution is -2.10. The topological polar surface area (TPSA) is 6.48 Å². The lowest BCUT2D eigenvalue weighted by Gasteiger charge is -2.27. The quantitative estimate of drug-likeness (QED) is 0.163. The molecule has 0 saturated carbocycles. The van der Waals surface area contributed by atoms with Crippen molar-refractivity contribution in [2.24, 2.45) is 0 Å². The first-order valence-electron chi connectivity index (χ1n) is 19.1. The Balaban J connectivity index is 1.00.